The quantitative estimate of drug-likeness (QED) is 0.171. The average Bonchev–Trinajstić information content (AvgIpc) is 3.37. The van der Waals surface area contributed by atoms with Gasteiger partial charge in [0.2, 0.25) is 5.91 Å². The van der Waals surface area contributed by atoms with Crippen LogP contribution in [0.25, 0.3) is 27.8 Å². The number of unbranched alkanes of at least 4 members (excludes halogenated alkanes) is 9. The lowest BCUT2D eigenvalue weighted by Gasteiger charge is -2.04. The third-order valence-electron chi connectivity index (χ3n) is 6.12. The molecule has 1 aromatic heterocycles. The van der Waals surface area contributed by atoms with Crippen molar-refractivity contribution >= 4 is 23.3 Å². The molecule has 0 aliphatic heterocycles. The van der Waals surface area contributed by atoms with Crippen molar-refractivity contribution in [2.24, 2.45) is 0 Å². The fourth-order valence-electron chi connectivity index (χ4n) is 4.07. The highest BCUT2D eigenvalue weighted by molar-refractivity contribution is 7.13. The maximum atomic E-state index is 12.1. The molecule has 1 amide bonds. The molecule has 185 valence electrons. The van der Waals surface area contributed by atoms with Crippen LogP contribution in [0, 0.1) is 0 Å². The lowest BCUT2D eigenvalue weighted by molar-refractivity contribution is -0.116. The lowest BCUT2D eigenvalue weighted by Crippen LogP contribution is -2.21. The molecular formula is C30H37N2O2S. The van der Waals surface area contributed by atoms with Crippen molar-refractivity contribution in [3.8, 4) is 27.4 Å². The van der Waals surface area contributed by atoms with Crippen LogP contribution in [0.1, 0.15) is 76.7 Å². The second kappa shape index (κ2) is 15.2. The molecule has 1 heterocycles. The molecule has 0 aliphatic rings. The molecule has 4 nitrogen and oxygen atoms in total. The van der Waals surface area contributed by atoms with Gasteiger partial charge in [-0.15, -0.1) is 11.3 Å². The number of hydrogen-bond donors (Lipinski definition) is 1. The second-order valence-corrected chi connectivity index (χ2v) is 9.84. The normalized spacial score (nSPS) is 11.2. The van der Waals surface area contributed by atoms with E-state index in [0.717, 1.165) is 40.2 Å². The fraction of sp³-hybridized carbons (Fsp3) is 0.400. The van der Waals surface area contributed by atoms with Crippen LogP contribution in [0.5, 0.6) is 5.75 Å². The number of carbonyl (C=O) groups excluding carboxylic acids is 1. The fourth-order valence-corrected chi connectivity index (χ4v) is 4.89. The maximum Gasteiger partial charge on any atom is 0.243 e. The molecule has 3 aromatic rings. The highest BCUT2D eigenvalue weighted by Gasteiger charge is 2.11. The predicted octanol–water partition coefficient (Wildman–Crippen LogP) is 8.67. The van der Waals surface area contributed by atoms with Gasteiger partial charge >= 0.3 is 0 Å². The monoisotopic (exact) mass is 489 g/mol. The van der Waals surface area contributed by atoms with E-state index in [4.69, 9.17) is 0 Å². The molecule has 5 heteroatoms. The summed E-state index contributed by atoms with van der Waals surface area (Å²) >= 11 is 1.58. The third kappa shape index (κ3) is 9.33. The van der Waals surface area contributed by atoms with Gasteiger partial charge < -0.3 is 5.32 Å². The van der Waals surface area contributed by atoms with Crippen LogP contribution < -0.4 is 5.32 Å². The third-order valence-corrected chi connectivity index (χ3v) is 7.00. The maximum absolute atomic E-state index is 12.1. The van der Waals surface area contributed by atoms with Crippen molar-refractivity contribution in [2.75, 3.05) is 6.54 Å². The summed E-state index contributed by atoms with van der Waals surface area (Å²) in [5.74, 6) is -0.0502. The van der Waals surface area contributed by atoms with E-state index < -0.39 is 0 Å². The minimum Gasteiger partial charge on any atom is -0.353 e. The van der Waals surface area contributed by atoms with Gasteiger partial charge in [-0.3, -0.25) is 9.90 Å². The van der Waals surface area contributed by atoms with E-state index in [-0.39, 0.29) is 11.7 Å². The summed E-state index contributed by atoms with van der Waals surface area (Å²) in [5, 5.41) is 14.4. The highest BCUT2D eigenvalue weighted by atomic mass is 32.1. The summed E-state index contributed by atoms with van der Waals surface area (Å²) in [7, 11) is 0. The van der Waals surface area contributed by atoms with Crippen molar-refractivity contribution in [1.82, 2.24) is 10.3 Å². The smallest absolute Gasteiger partial charge is 0.243 e. The number of benzene rings is 2. The number of rotatable bonds is 15. The van der Waals surface area contributed by atoms with E-state index in [1.807, 2.05) is 48.0 Å². The van der Waals surface area contributed by atoms with Gasteiger partial charge in [0.15, 0.2) is 5.75 Å². The standard InChI is InChI=1S/C30H37N2O2S/c1-2-3-4-5-6-7-8-9-10-11-22-31-28(34)21-14-24-12-15-26(16-13-24)30-29(32-23-35-30)25-17-19-27(33)20-18-25/h12-21,23H,2-11,22H2,1H3,(H,31,34)/b21-14+. The molecule has 0 bridgehead atoms. The first kappa shape index (κ1) is 26.7. The topological polar surface area (TPSA) is 61.9 Å². The van der Waals surface area contributed by atoms with E-state index in [1.165, 1.54) is 57.8 Å². The Balaban J connectivity index is 1.37. The van der Waals surface area contributed by atoms with Crippen molar-refractivity contribution in [3.05, 3.63) is 65.7 Å². The highest BCUT2D eigenvalue weighted by Crippen LogP contribution is 2.35. The zero-order valence-electron chi connectivity index (χ0n) is 20.8. The Labute approximate surface area is 214 Å². The summed E-state index contributed by atoms with van der Waals surface area (Å²) < 4.78 is 0. The molecule has 0 fully saturated rings. The Kier molecular flexibility index (Phi) is 11.6. The van der Waals surface area contributed by atoms with E-state index >= 15 is 0 Å². The summed E-state index contributed by atoms with van der Waals surface area (Å²) in [4.78, 5) is 17.7. The van der Waals surface area contributed by atoms with Crippen molar-refractivity contribution in [2.45, 2.75) is 71.1 Å². The minimum absolute atomic E-state index is 0.00537. The largest absolute Gasteiger partial charge is 0.353 e. The number of nitrogens with zero attached hydrogens (tertiary/aromatic N) is 1. The zero-order valence-corrected chi connectivity index (χ0v) is 21.6. The van der Waals surface area contributed by atoms with Crippen LogP contribution in [0.2, 0.25) is 0 Å². The number of hydrogen-bond acceptors (Lipinski definition) is 3. The zero-order chi connectivity index (χ0) is 24.7. The number of aromatic nitrogens is 1. The number of carbonyl (C=O) groups is 1. The van der Waals surface area contributed by atoms with Gasteiger partial charge in [0.25, 0.3) is 0 Å². The van der Waals surface area contributed by atoms with Gasteiger partial charge in [0, 0.05) is 18.2 Å². The Morgan fingerprint density at radius 3 is 2.09 bits per heavy atom. The SMILES string of the molecule is CCCCCCCCCCCCNC(=O)/C=C/c1ccc(-c2scnc2-c2ccc([O])cc2)cc1. The Bertz CT molecular complexity index is 1040. The van der Waals surface area contributed by atoms with Crippen molar-refractivity contribution in [1.29, 1.82) is 0 Å². The molecule has 35 heavy (non-hydrogen) atoms. The molecular weight excluding hydrogens is 452 g/mol. The van der Waals surface area contributed by atoms with Gasteiger partial charge in [-0.05, 0) is 47.9 Å². The number of nitrogens with one attached hydrogen (secondary N) is 1. The van der Waals surface area contributed by atoms with E-state index in [2.05, 4.69) is 17.2 Å². The van der Waals surface area contributed by atoms with Gasteiger partial charge in [0.05, 0.1) is 16.1 Å². The molecule has 2 aromatic carbocycles. The molecule has 0 atom stereocenters. The van der Waals surface area contributed by atoms with Crippen LogP contribution in [0.3, 0.4) is 0 Å². The van der Waals surface area contributed by atoms with Gasteiger partial charge in [0.1, 0.15) is 0 Å². The minimum atomic E-state index is -0.0448. The van der Waals surface area contributed by atoms with E-state index in [1.54, 1.807) is 29.5 Å². The van der Waals surface area contributed by atoms with E-state index in [0.29, 0.717) is 0 Å². The summed E-state index contributed by atoms with van der Waals surface area (Å²) in [6.45, 7) is 2.99. The molecule has 3 rings (SSSR count). The Morgan fingerprint density at radius 1 is 0.829 bits per heavy atom. The molecule has 0 aliphatic carbocycles. The van der Waals surface area contributed by atoms with Gasteiger partial charge in [-0.1, -0.05) is 89.0 Å². The average molecular weight is 490 g/mol. The summed E-state index contributed by atoms with van der Waals surface area (Å²) in [5.41, 5.74) is 5.68. The van der Waals surface area contributed by atoms with Crippen molar-refractivity contribution < 1.29 is 9.90 Å². The molecule has 0 saturated carbocycles. The van der Waals surface area contributed by atoms with Gasteiger partial charge in [-0.25, -0.2) is 4.98 Å². The van der Waals surface area contributed by atoms with Crippen LogP contribution in [-0.4, -0.2) is 17.4 Å². The number of thiazole rings is 1. The van der Waals surface area contributed by atoms with Crippen LogP contribution in [0.15, 0.2) is 60.1 Å². The van der Waals surface area contributed by atoms with Crippen LogP contribution in [-0.2, 0) is 9.90 Å². The molecule has 0 saturated heterocycles. The summed E-state index contributed by atoms with van der Waals surface area (Å²) in [6.07, 6.45) is 16.4. The lowest BCUT2D eigenvalue weighted by atomic mass is 10.1. The van der Waals surface area contributed by atoms with E-state index in [9.17, 15) is 9.90 Å². The first-order chi connectivity index (χ1) is 17.2. The first-order valence-electron chi connectivity index (χ1n) is 12.9. The number of amides is 1. The molecule has 1 N–H and O–H groups in total. The predicted molar refractivity (Wildman–Crippen MR) is 147 cm³/mol. The van der Waals surface area contributed by atoms with Crippen molar-refractivity contribution in [3.63, 3.8) is 0 Å². The molecule has 0 unspecified atom stereocenters. The van der Waals surface area contributed by atoms with Crippen LogP contribution in [0.4, 0.5) is 0 Å². The Morgan fingerprint density at radius 2 is 1.43 bits per heavy atom. The molecule has 1 radical (unpaired) electrons. The van der Waals surface area contributed by atoms with Crippen LogP contribution >= 0.6 is 11.3 Å². The second-order valence-electron chi connectivity index (χ2n) is 8.98. The Hall–Kier alpha value is -2.92. The van der Waals surface area contributed by atoms with Gasteiger partial charge in [-0.2, -0.15) is 0 Å². The molecule has 0 spiro atoms. The summed E-state index contributed by atoms with van der Waals surface area (Å²) in [6, 6.07) is 14.8. The first-order valence-corrected chi connectivity index (χ1v) is 13.8.